The third-order valence-corrected chi connectivity index (χ3v) is 7.37. The molecule has 3 aliphatic rings. The van der Waals surface area contributed by atoms with E-state index in [9.17, 15) is 9.59 Å². The van der Waals surface area contributed by atoms with Crippen LogP contribution in [0.2, 0.25) is 0 Å². The van der Waals surface area contributed by atoms with E-state index in [1.165, 1.54) is 0 Å². The number of ether oxygens (including phenoxy) is 1. The number of hydrogen-bond acceptors (Lipinski definition) is 4. The minimum Gasteiger partial charge on any atom is -0.497 e. The highest BCUT2D eigenvalue weighted by molar-refractivity contribution is 6.08. The van der Waals surface area contributed by atoms with Crippen molar-refractivity contribution in [2.24, 2.45) is 10.8 Å². The Kier molecular flexibility index (Phi) is 5.31. The molecule has 0 aromatic heterocycles. The smallest absolute Gasteiger partial charge is 0.162 e. The summed E-state index contributed by atoms with van der Waals surface area (Å²) in [6.45, 7) is 8.67. The molecule has 0 radical (unpaired) electrons. The number of nitrogens with zero attached hydrogens (tertiary/aromatic N) is 1. The maximum absolute atomic E-state index is 13.8. The van der Waals surface area contributed by atoms with E-state index in [0.29, 0.717) is 12.8 Å². The van der Waals surface area contributed by atoms with E-state index in [4.69, 9.17) is 4.74 Å². The van der Waals surface area contributed by atoms with Crippen LogP contribution in [0.5, 0.6) is 5.75 Å². The van der Waals surface area contributed by atoms with Crippen molar-refractivity contribution in [3.05, 3.63) is 82.7 Å². The quantitative estimate of drug-likeness (QED) is 0.524. The fourth-order valence-electron chi connectivity index (χ4n) is 5.98. The number of benzene rings is 2. The second-order valence-electron chi connectivity index (χ2n) is 11.5. The molecule has 0 amide bonds. The minimum atomic E-state index is -0.330. The van der Waals surface area contributed by atoms with Gasteiger partial charge in [0, 0.05) is 47.0 Å². The molecule has 4 nitrogen and oxygen atoms in total. The van der Waals surface area contributed by atoms with Crippen molar-refractivity contribution in [1.29, 1.82) is 0 Å². The molecule has 5 rings (SSSR count). The van der Waals surface area contributed by atoms with Crippen LogP contribution in [0, 0.1) is 10.8 Å². The van der Waals surface area contributed by atoms with Gasteiger partial charge in [0.2, 0.25) is 0 Å². The highest BCUT2D eigenvalue weighted by Gasteiger charge is 2.49. The number of carbonyl (C=O) groups is 2. The highest BCUT2D eigenvalue weighted by Crippen LogP contribution is 2.55. The maximum Gasteiger partial charge on any atom is 0.162 e. The monoisotopic (exact) mass is 455 g/mol. The summed E-state index contributed by atoms with van der Waals surface area (Å²) in [6, 6.07) is 18.1. The first-order valence-electron chi connectivity index (χ1n) is 12.1. The molecule has 4 heteroatoms. The molecule has 34 heavy (non-hydrogen) atoms. The molecule has 176 valence electrons. The highest BCUT2D eigenvalue weighted by atomic mass is 16.5. The Labute approximate surface area is 202 Å². The van der Waals surface area contributed by atoms with Gasteiger partial charge in [-0.25, -0.2) is 0 Å². The van der Waals surface area contributed by atoms with Gasteiger partial charge in [-0.3, -0.25) is 9.59 Å². The molecular formula is C30H33NO3. The van der Waals surface area contributed by atoms with Gasteiger partial charge < -0.3 is 9.64 Å². The summed E-state index contributed by atoms with van der Waals surface area (Å²) in [7, 11) is 1.65. The molecule has 0 bridgehead atoms. The maximum atomic E-state index is 13.8. The van der Waals surface area contributed by atoms with Gasteiger partial charge >= 0.3 is 0 Å². The number of ketones is 2. The number of Topliss-reactive ketones (excluding diaryl/α,β-unsaturated/α-hetero) is 2. The van der Waals surface area contributed by atoms with Gasteiger partial charge in [-0.15, -0.1) is 0 Å². The number of hydrogen-bond donors (Lipinski definition) is 0. The van der Waals surface area contributed by atoms with Crippen molar-refractivity contribution in [2.45, 2.75) is 59.3 Å². The van der Waals surface area contributed by atoms with Crippen molar-refractivity contribution in [2.75, 3.05) is 12.0 Å². The van der Waals surface area contributed by atoms with E-state index < -0.39 is 0 Å². The zero-order valence-corrected chi connectivity index (χ0v) is 20.8. The molecular weight excluding hydrogens is 422 g/mol. The van der Waals surface area contributed by atoms with Crippen molar-refractivity contribution >= 4 is 17.3 Å². The fraction of sp³-hybridized carbons (Fsp3) is 0.400. The standard InChI is InChI=1S/C30H33NO3/c1-29(2)15-22-27(24(32)17-29)26(19-11-13-21(34-5)14-12-19)28-23(16-30(3,4)18-25(28)33)31(22)20-9-7-6-8-10-20/h6-14,26H,15-18H2,1-5H3. The second-order valence-corrected chi connectivity index (χ2v) is 11.5. The lowest BCUT2D eigenvalue weighted by molar-refractivity contribution is -0.119. The van der Waals surface area contributed by atoms with Gasteiger partial charge in [0.15, 0.2) is 11.6 Å². The van der Waals surface area contributed by atoms with Crippen molar-refractivity contribution in [1.82, 2.24) is 0 Å². The summed E-state index contributed by atoms with van der Waals surface area (Å²) < 4.78 is 5.38. The SMILES string of the molecule is COc1ccc(C2C3=C(CC(C)(C)CC3=O)N(c3ccccc3)C3=C2C(=O)CC(C)(C)C3)cc1. The van der Waals surface area contributed by atoms with Crippen molar-refractivity contribution in [3.8, 4) is 5.75 Å². The number of allylic oxidation sites excluding steroid dienone is 4. The zero-order valence-electron chi connectivity index (χ0n) is 20.8. The Morgan fingerprint density at radius 3 is 1.71 bits per heavy atom. The van der Waals surface area contributed by atoms with E-state index in [2.05, 4.69) is 44.7 Å². The van der Waals surface area contributed by atoms with Crippen LogP contribution < -0.4 is 9.64 Å². The molecule has 0 atom stereocenters. The first-order valence-corrected chi connectivity index (χ1v) is 12.1. The number of para-hydroxylation sites is 1. The van der Waals surface area contributed by atoms with E-state index in [0.717, 1.165) is 52.4 Å². The topological polar surface area (TPSA) is 46.6 Å². The summed E-state index contributed by atoms with van der Waals surface area (Å²) in [4.78, 5) is 29.8. The molecule has 2 aliphatic carbocycles. The Morgan fingerprint density at radius 2 is 1.24 bits per heavy atom. The summed E-state index contributed by atoms with van der Waals surface area (Å²) in [5.74, 6) is 0.735. The van der Waals surface area contributed by atoms with Crippen LogP contribution >= 0.6 is 0 Å². The zero-order chi connectivity index (χ0) is 24.3. The predicted octanol–water partition coefficient (Wildman–Crippen LogP) is 6.59. The third kappa shape index (κ3) is 3.79. The van der Waals surface area contributed by atoms with Crippen molar-refractivity contribution in [3.63, 3.8) is 0 Å². The van der Waals surface area contributed by atoms with Crippen LogP contribution in [0.1, 0.15) is 64.9 Å². The number of methoxy groups -OCH3 is 1. The third-order valence-electron chi connectivity index (χ3n) is 7.37. The summed E-state index contributed by atoms with van der Waals surface area (Å²) >= 11 is 0. The molecule has 2 aromatic rings. The molecule has 1 heterocycles. The first-order chi connectivity index (χ1) is 16.1. The van der Waals surface area contributed by atoms with Crippen LogP contribution in [0.3, 0.4) is 0 Å². The molecule has 0 unspecified atom stereocenters. The Bertz CT molecular complexity index is 1160. The molecule has 0 N–H and O–H groups in total. The fourth-order valence-corrected chi connectivity index (χ4v) is 5.98. The van der Waals surface area contributed by atoms with E-state index in [1.807, 2.05) is 42.5 Å². The molecule has 0 spiro atoms. The lowest BCUT2D eigenvalue weighted by Gasteiger charge is -2.49. The normalized spacial score (nSPS) is 22.0. The average molecular weight is 456 g/mol. The largest absolute Gasteiger partial charge is 0.497 e. The van der Waals surface area contributed by atoms with Crippen LogP contribution in [0.15, 0.2) is 77.1 Å². The average Bonchev–Trinajstić information content (AvgIpc) is 2.77. The molecule has 2 aromatic carbocycles. The van der Waals surface area contributed by atoms with Gasteiger partial charge in [0.25, 0.3) is 0 Å². The lowest BCUT2D eigenvalue weighted by Crippen LogP contribution is -2.44. The van der Waals surface area contributed by atoms with Crippen LogP contribution in [-0.2, 0) is 9.59 Å². The van der Waals surface area contributed by atoms with E-state index in [1.54, 1.807) is 7.11 Å². The molecule has 0 saturated heterocycles. The van der Waals surface area contributed by atoms with Gasteiger partial charge in [-0.05, 0) is 53.5 Å². The van der Waals surface area contributed by atoms with Crippen LogP contribution in [-0.4, -0.2) is 18.7 Å². The summed E-state index contributed by atoms with van der Waals surface area (Å²) in [5, 5.41) is 0. The second kappa shape index (κ2) is 7.97. The van der Waals surface area contributed by atoms with Gasteiger partial charge in [0.1, 0.15) is 5.75 Å². The van der Waals surface area contributed by atoms with Crippen LogP contribution in [0.4, 0.5) is 5.69 Å². The summed E-state index contributed by atoms with van der Waals surface area (Å²) in [5.41, 5.74) is 5.41. The van der Waals surface area contributed by atoms with Gasteiger partial charge in [-0.1, -0.05) is 58.0 Å². The Hall–Kier alpha value is -3.14. The Morgan fingerprint density at radius 1 is 0.735 bits per heavy atom. The lowest BCUT2D eigenvalue weighted by atomic mass is 9.63. The van der Waals surface area contributed by atoms with E-state index >= 15 is 0 Å². The molecule has 1 aliphatic heterocycles. The van der Waals surface area contributed by atoms with Gasteiger partial charge in [-0.2, -0.15) is 0 Å². The molecule has 0 saturated carbocycles. The van der Waals surface area contributed by atoms with Gasteiger partial charge in [0.05, 0.1) is 7.11 Å². The van der Waals surface area contributed by atoms with Crippen molar-refractivity contribution < 1.29 is 14.3 Å². The minimum absolute atomic E-state index is 0.139. The van der Waals surface area contributed by atoms with E-state index in [-0.39, 0.29) is 28.3 Å². The number of carbonyl (C=O) groups excluding carboxylic acids is 2. The van der Waals surface area contributed by atoms with Crippen LogP contribution in [0.25, 0.3) is 0 Å². The Balaban J connectivity index is 1.81. The summed E-state index contributed by atoms with van der Waals surface area (Å²) in [6.07, 6.45) is 2.56. The molecule has 0 fully saturated rings. The number of anilines is 1. The first kappa shape index (κ1) is 22.6. The number of rotatable bonds is 3. The predicted molar refractivity (Wildman–Crippen MR) is 135 cm³/mol.